The number of hydrogen-bond donors (Lipinski definition) is 1. The zero-order chi connectivity index (χ0) is 11.4. The first kappa shape index (κ1) is 11.7. The largest absolute Gasteiger partial charge is 0.383 e. The summed E-state index contributed by atoms with van der Waals surface area (Å²) in [5.74, 6) is 2.71. The molecule has 0 amide bonds. The van der Waals surface area contributed by atoms with Crippen molar-refractivity contribution in [3.8, 4) is 0 Å². The highest BCUT2D eigenvalue weighted by atomic mass is 32.2. The van der Waals surface area contributed by atoms with Gasteiger partial charge in [-0.3, -0.25) is 0 Å². The minimum atomic E-state index is 0.645. The number of nitrogens with two attached hydrogens (primary N) is 1. The number of nitrogens with zero attached hydrogens (tertiary/aromatic N) is 2. The second-order valence-electron chi connectivity index (χ2n) is 4.36. The molecule has 2 rings (SSSR count). The third-order valence-corrected chi connectivity index (χ3v) is 4.49. The highest BCUT2D eigenvalue weighted by Gasteiger charge is 2.16. The lowest BCUT2D eigenvalue weighted by Gasteiger charge is -2.11. The third-order valence-electron chi connectivity index (χ3n) is 3.22. The lowest BCUT2D eigenvalue weighted by atomic mass is 10.1. The Morgan fingerprint density at radius 1 is 1.38 bits per heavy atom. The van der Waals surface area contributed by atoms with Crippen LogP contribution in [0.25, 0.3) is 0 Å². The molecule has 0 bridgehead atoms. The highest BCUT2D eigenvalue weighted by molar-refractivity contribution is 7.99. The Labute approximate surface area is 101 Å². The molecule has 2 N–H and O–H groups in total. The molecule has 0 saturated heterocycles. The molecule has 0 radical (unpaired) electrons. The van der Waals surface area contributed by atoms with E-state index >= 15 is 0 Å². The minimum absolute atomic E-state index is 0.645. The first-order valence-corrected chi connectivity index (χ1v) is 7.02. The zero-order valence-corrected chi connectivity index (χ0v) is 10.6. The third kappa shape index (κ3) is 2.67. The fourth-order valence-electron chi connectivity index (χ4n) is 2.24. The molecule has 0 atom stereocenters. The summed E-state index contributed by atoms with van der Waals surface area (Å²) >= 11 is 1.85. The predicted octanol–water partition coefficient (Wildman–Crippen LogP) is 2.90. The van der Waals surface area contributed by atoms with Crippen molar-refractivity contribution < 1.29 is 0 Å². The lowest BCUT2D eigenvalue weighted by molar-refractivity contribution is 0.622. The van der Waals surface area contributed by atoms with Gasteiger partial charge in [0, 0.05) is 11.3 Å². The Bertz CT molecular complexity index is 348. The molecule has 3 nitrogen and oxygen atoms in total. The van der Waals surface area contributed by atoms with Crippen LogP contribution in [-0.4, -0.2) is 15.7 Å². The van der Waals surface area contributed by atoms with Crippen LogP contribution in [0.15, 0.2) is 11.4 Å². The van der Waals surface area contributed by atoms with Crippen LogP contribution >= 0.6 is 11.8 Å². The fourth-order valence-corrected chi connectivity index (χ4v) is 3.51. The van der Waals surface area contributed by atoms with Crippen molar-refractivity contribution in [2.75, 3.05) is 11.5 Å². The van der Waals surface area contributed by atoms with Crippen molar-refractivity contribution in [1.29, 1.82) is 0 Å². The van der Waals surface area contributed by atoms with Gasteiger partial charge < -0.3 is 5.73 Å². The van der Waals surface area contributed by atoms with E-state index in [0.29, 0.717) is 5.82 Å². The van der Waals surface area contributed by atoms with Gasteiger partial charge in [0.15, 0.2) is 0 Å². The van der Waals surface area contributed by atoms with Gasteiger partial charge in [0.1, 0.15) is 17.2 Å². The maximum Gasteiger partial charge on any atom is 0.131 e. The number of thioether (sulfide) groups is 1. The Hall–Kier alpha value is -0.770. The monoisotopic (exact) mass is 237 g/mol. The van der Waals surface area contributed by atoms with Crippen molar-refractivity contribution in [1.82, 2.24) is 9.97 Å². The standard InChI is InChI=1S/C12H19N3S/c1-2-10-11(13)14-8-15-12(10)16-7-9-5-3-4-6-9/h8-9H,2-7H2,1H3,(H2,13,14,15). The van der Waals surface area contributed by atoms with Gasteiger partial charge >= 0.3 is 0 Å². The molecule has 1 aromatic rings. The van der Waals surface area contributed by atoms with Gasteiger partial charge in [-0.1, -0.05) is 19.8 Å². The molecule has 4 heteroatoms. The second-order valence-corrected chi connectivity index (χ2v) is 5.37. The van der Waals surface area contributed by atoms with Crippen LogP contribution in [0.5, 0.6) is 0 Å². The molecule has 0 spiro atoms. The van der Waals surface area contributed by atoms with E-state index in [9.17, 15) is 0 Å². The predicted molar refractivity (Wildman–Crippen MR) is 68.5 cm³/mol. The van der Waals surface area contributed by atoms with E-state index in [1.165, 1.54) is 31.4 Å². The Balaban J connectivity index is 2.00. The van der Waals surface area contributed by atoms with E-state index < -0.39 is 0 Å². The summed E-state index contributed by atoms with van der Waals surface area (Å²) in [6.45, 7) is 2.11. The average Bonchev–Trinajstić information content (AvgIpc) is 2.79. The van der Waals surface area contributed by atoms with Crippen molar-refractivity contribution >= 4 is 17.6 Å². The molecule has 1 fully saturated rings. The summed E-state index contributed by atoms with van der Waals surface area (Å²) in [7, 11) is 0. The van der Waals surface area contributed by atoms with Crippen molar-refractivity contribution in [2.45, 2.75) is 44.1 Å². The molecule has 1 aromatic heterocycles. The average molecular weight is 237 g/mol. The SMILES string of the molecule is CCc1c(N)ncnc1SCC1CCCC1. The van der Waals surface area contributed by atoms with Crippen LogP contribution in [0.3, 0.4) is 0 Å². The van der Waals surface area contributed by atoms with Crippen LogP contribution in [-0.2, 0) is 6.42 Å². The molecule has 1 aliphatic rings. The topological polar surface area (TPSA) is 51.8 Å². The van der Waals surface area contributed by atoms with E-state index in [2.05, 4.69) is 16.9 Å². The molecule has 1 aliphatic carbocycles. The van der Waals surface area contributed by atoms with Gasteiger partial charge in [0.25, 0.3) is 0 Å². The van der Waals surface area contributed by atoms with E-state index in [0.717, 1.165) is 22.9 Å². The molecule has 0 aromatic carbocycles. The van der Waals surface area contributed by atoms with Crippen LogP contribution in [0, 0.1) is 5.92 Å². The summed E-state index contributed by atoms with van der Waals surface area (Å²) in [6, 6.07) is 0. The van der Waals surface area contributed by atoms with E-state index in [1.54, 1.807) is 6.33 Å². The Kier molecular flexibility index (Phi) is 4.04. The van der Waals surface area contributed by atoms with Gasteiger partial charge in [0.2, 0.25) is 0 Å². The maximum absolute atomic E-state index is 5.85. The molecule has 0 aliphatic heterocycles. The van der Waals surface area contributed by atoms with Crippen LogP contribution in [0.2, 0.25) is 0 Å². The number of hydrogen-bond acceptors (Lipinski definition) is 4. The first-order valence-electron chi connectivity index (χ1n) is 6.03. The number of nitrogen functional groups attached to an aromatic ring is 1. The van der Waals surface area contributed by atoms with Crippen molar-refractivity contribution in [3.63, 3.8) is 0 Å². The number of anilines is 1. The molecule has 1 heterocycles. The number of rotatable bonds is 4. The molecular formula is C12H19N3S. The van der Waals surface area contributed by atoms with Crippen LogP contribution in [0.4, 0.5) is 5.82 Å². The molecule has 88 valence electrons. The summed E-state index contributed by atoms with van der Waals surface area (Å²) < 4.78 is 0. The smallest absolute Gasteiger partial charge is 0.131 e. The summed E-state index contributed by atoms with van der Waals surface area (Å²) in [4.78, 5) is 8.39. The van der Waals surface area contributed by atoms with Crippen LogP contribution in [0.1, 0.15) is 38.2 Å². The molecule has 0 unspecified atom stereocenters. The highest BCUT2D eigenvalue weighted by Crippen LogP contribution is 2.32. The quantitative estimate of drug-likeness (QED) is 0.646. The van der Waals surface area contributed by atoms with Gasteiger partial charge in [-0.05, 0) is 25.2 Å². The first-order chi connectivity index (χ1) is 7.81. The Morgan fingerprint density at radius 3 is 2.81 bits per heavy atom. The van der Waals surface area contributed by atoms with Gasteiger partial charge in [-0.15, -0.1) is 11.8 Å². The zero-order valence-electron chi connectivity index (χ0n) is 9.78. The molecule has 16 heavy (non-hydrogen) atoms. The lowest BCUT2D eigenvalue weighted by Crippen LogP contribution is -2.03. The van der Waals surface area contributed by atoms with E-state index in [1.807, 2.05) is 11.8 Å². The summed E-state index contributed by atoms with van der Waals surface area (Å²) in [5.41, 5.74) is 6.97. The second kappa shape index (κ2) is 5.53. The minimum Gasteiger partial charge on any atom is -0.383 e. The summed E-state index contributed by atoms with van der Waals surface area (Å²) in [6.07, 6.45) is 8.06. The van der Waals surface area contributed by atoms with Gasteiger partial charge in [0.05, 0.1) is 0 Å². The number of aromatic nitrogens is 2. The van der Waals surface area contributed by atoms with Crippen molar-refractivity contribution in [2.24, 2.45) is 5.92 Å². The van der Waals surface area contributed by atoms with Gasteiger partial charge in [-0.2, -0.15) is 0 Å². The maximum atomic E-state index is 5.85. The summed E-state index contributed by atoms with van der Waals surface area (Å²) in [5, 5.41) is 1.09. The fraction of sp³-hybridized carbons (Fsp3) is 0.667. The molecule has 1 saturated carbocycles. The van der Waals surface area contributed by atoms with Crippen molar-refractivity contribution in [3.05, 3.63) is 11.9 Å². The molecular weight excluding hydrogens is 218 g/mol. The van der Waals surface area contributed by atoms with E-state index in [4.69, 9.17) is 5.73 Å². The normalized spacial score (nSPS) is 16.8. The Morgan fingerprint density at radius 2 is 2.12 bits per heavy atom. The van der Waals surface area contributed by atoms with E-state index in [-0.39, 0.29) is 0 Å². The van der Waals surface area contributed by atoms with Gasteiger partial charge in [-0.25, -0.2) is 9.97 Å². The van der Waals surface area contributed by atoms with Crippen LogP contribution < -0.4 is 5.73 Å².